The Morgan fingerprint density at radius 1 is 1.21 bits per heavy atom. The number of sulfone groups is 1. The zero-order chi connectivity index (χ0) is 24.3. The third kappa shape index (κ3) is 5.73. The minimum atomic E-state index is -2.96. The van der Waals surface area contributed by atoms with Gasteiger partial charge < -0.3 is 15.4 Å². The van der Waals surface area contributed by atoms with Crippen molar-refractivity contribution in [2.45, 2.75) is 58.7 Å². The van der Waals surface area contributed by atoms with E-state index in [9.17, 15) is 18.0 Å². The molecule has 0 radical (unpaired) electrons. The molecule has 0 aromatic heterocycles. The average Bonchev–Trinajstić information content (AvgIpc) is 2.73. The predicted molar refractivity (Wildman–Crippen MR) is 130 cm³/mol. The average molecular weight is 477 g/mol. The highest BCUT2D eigenvalue weighted by atomic mass is 32.2. The molecule has 33 heavy (non-hydrogen) atoms. The van der Waals surface area contributed by atoms with Crippen LogP contribution in [0.15, 0.2) is 29.4 Å². The van der Waals surface area contributed by atoms with Crippen molar-refractivity contribution >= 4 is 45.0 Å². The minimum absolute atomic E-state index is 0.0762. The summed E-state index contributed by atoms with van der Waals surface area (Å²) < 4.78 is 28.7. The van der Waals surface area contributed by atoms with Crippen LogP contribution in [-0.4, -0.2) is 62.9 Å². The maximum Gasteiger partial charge on any atom is 0.414 e. The molecule has 1 aromatic rings. The molecule has 1 aromatic carbocycles. The molecule has 10 heteroatoms. The van der Waals surface area contributed by atoms with E-state index in [-0.39, 0.29) is 35.6 Å². The Labute approximate surface area is 195 Å². The van der Waals surface area contributed by atoms with Crippen molar-refractivity contribution in [3.05, 3.63) is 30.0 Å². The van der Waals surface area contributed by atoms with E-state index in [2.05, 4.69) is 4.99 Å². The maximum absolute atomic E-state index is 12.8. The second-order valence-corrected chi connectivity index (χ2v) is 11.1. The number of hydrogen-bond acceptors (Lipinski definition) is 7. The number of carbonyl (C=O) groups is 2. The zero-order valence-corrected chi connectivity index (χ0v) is 20.3. The first-order chi connectivity index (χ1) is 15.5. The van der Waals surface area contributed by atoms with Crippen molar-refractivity contribution in [1.82, 2.24) is 0 Å². The van der Waals surface area contributed by atoms with Gasteiger partial charge in [-0.15, -0.1) is 0 Å². The number of anilines is 2. The fraction of sp³-hybridized carbons (Fsp3) is 0.522. The van der Waals surface area contributed by atoms with Crippen LogP contribution in [0.3, 0.4) is 0 Å². The maximum atomic E-state index is 12.8. The summed E-state index contributed by atoms with van der Waals surface area (Å²) in [7, 11) is -2.96. The topological polar surface area (TPSA) is 122 Å². The molecule has 0 bridgehead atoms. The Morgan fingerprint density at radius 3 is 2.45 bits per heavy atom. The summed E-state index contributed by atoms with van der Waals surface area (Å²) in [5.74, 6) is 0.167. The monoisotopic (exact) mass is 476 g/mol. The van der Waals surface area contributed by atoms with Gasteiger partial charge in [0.1, 0.15) is 9.84 Å². The molecule has 1 atom stereocenters. The molecule has 2 aliphatic heterocycles. The van der Waals surface area contributed by atoms with E-state index in [0.29, 0.717) is 36.3 Å². The zero-order valence-electron chi connectivity index (χ0n) is 19.5. The first-order valence-electron chi connectivity index (χ1n) is 11.1. The molecule has 1 fully saturated rings. The quantitative estimate of drug-likeness (QED) is 0.667. The molecule has 0 unspecified atom stereocenters. The molecule has 9 nitrogen and oxygen atoms in total. The lowest BCUT2D eigenvalue weighted by atomic mass is 10.0. The minimum Gasteiger partial charge on any atom is -0.446 e. The lowest BCUT2D eigenvalue weighted by Gasteiger charge is -2.40. The summed E-state index contributed by atoms with van der Waals surface area (Å²) in [6, 6.07) is 5.13. The normalized spacial score (nSPS) is 21.4. The predicted octanol–water partition coefficient (Wildman–Crippen LogP) is 2.74. The van der Waals surface area contributed by atoms with Gasteiger partial charge in [0, 0.05) is 31.5 Å². The van der Waals surface area contributed by atoms with Gasteiger partial charge >= 0.3 is 6.09 Å². The highest BCUT2D eigenvalue weighted by molar-refractivity contribution is 7.91. The standard InChI is InChI=1S/C23H32N4O5S/c1-15(2)32-23(29)26-14-16(3)27(17(4)28)21-6-5-18(11-22(21)26)19(12-24)13-25-20-7-9-33(30,31)10-8-20/h5-6,11-13,15-16,20H,7-10,14,24H2,1-4H3/b19-12+,25-13?/t16-/m0/s1. The van der Waals surface area contributed by atoms with Crippen molar-refractivity contribution in [3.8, 4) is 0 Å². The van der Waals surface area contributed by atoms with Crippen LogP contribution >= 0.6 is 0 Å². The van der Waals surface area contributed by atoms with E-state index >= 15 is 0 Å². The van der Waals surface area contributed by atoms with Gasteiger partial charge in [0.25, 0.3) is 0 Å². The summed E-state index contributed by atoms with van der Waals surface area (Å²) >= 11 is 0. The summed E-state index contributed by atoms with van der Waals surface area (Å²) in [5, 5.41) is 0. The van der Waals surface area contributed by atoms with Gasteiger partial charge in [-0.1, -0.05) is 6.07 Å². The Kier molecular flexibility index (Phi) is 7.46. The molecule has 0 spiro atoms. The van der Waals surface area contributed by atoms with E-state index in [0.717, 1.165) is 5.56 Å². The van der Waals surface area contributed by atoms with E-state index in [1.807, 2.05) is 13.0 Å². The number of ether oxygens (including phenoxy) is 1. The third-order valence-corrected chi connectivity index (χ3v) is 7.49. The molecule has 2 N–H and O–H groups in total. The molecular weight excluding hydrogens is 444 g/mol. The second kappa shape index (κ2) is 9.94. The van der Waals surface area contributed by atoms with Crippen LogP contribution in [0.25, 0.3) is 5.57 Å². The first kappa shape index (κ1) is 24.8. The summed E-state index contributed by atoms with van der Waals surface area (Å²) in [4.78, 5) is 32.9. The van der Waals surface area contributed by atoms with Gasteiger partial charge in [0.05, 0.1) is 41.1 Å². The van der Waals surface area contributed by atoms with Gasteiger partial charge in [0.15, 0.2) is 0 Å². The van der Waals surface area contributed by atoms with Crippen molar-refractivity contribution in [3.63, 3.8) is 0 Å². The number of rotatable bonds is 4. The molecule has 180 valence electrons. The van der Waals surface area contributed by atoms with Crippen LogP contribution in [0.4, 0.5) is 16.2 Å². The number of aliphatic imine (C=N–C) groups is 1. The summed E-state index contributed by atoms with van der Waals surface area (Å²) in [6.45, 7) is 7.25. The molecule has 2 aliphatic rings. The molecule has 2 amide bonds. The molecule has 3 rings (SSSR count). The van der Waals surface area contributed by atoms with Crippen molar-refractivity contribution in [2.75, 3.05) is 27.9 Å². The van der Waals surface area contributed by atoms with Gasteiger partial charge in [-0.05, 0) is 51.3 Å². The number of fused-ring (bicyclic) bond motifs is 1. The van der Waals surface area contributed by atoms with Crippen molar-refractivity contribution in [1.29, 1.82) is 0 Å². The van der Waals surface area contributed by atoms with Gasteiger partial charge in [-0.25, -0.2) is 13.2 Å². The lowest BCUT2D eigenvalue weighted by Crippen LogP contribution is -2.51. The number of nitrogens with zero attached hydrogens (tertiary/aromatic N) is 3. The number of carbonyl (C=O) groups excluding carboxylic acids is 2. The highest BCUT2D eigenvalue weighted by Gasteiger charge is 2.35. The van der Waals surface area contributed by atoms with E-state index in [1.165, 1.54) is 13.1 Å². The lowest BCUT2D eigenvalue weighted by molar-refractivity contribution is -0.117. The van der Waals surface area contributed by atoms with Crippen LogP contribution in [0.5, 0.6) is 0 Å². The molecule has 2 heterocycles. The van der Waals surface area contributed by atoms with Crippen molar-refractivity contribution in [2.24, 2.45) is 10.7 Å². The number of allylic oxidation sites excluding steroid dienone is 1. The van der Waals surface area contributed by atoms with Crippen molar-refractivity contribution < 1.29 is 22.7 Å². The van der Waals surface area contributed by atoms with E-state index < -0.39 is 15.9 Å². The van der Waals surface area contributed by atoms with Crippen LogP contribution in [0.2, 0.25) is 0 Å². The largest absolute Gasteiger partial charge is 0.446 e. The Morgan fingerprint density at radius 2 is 1.88 bits per heavy atom. The Bertz CT molecular complexity index is 1070. The van der Waals surface area contributed by atoms with Crippen LogP contribution in [-0.2, 0) is 19.4 Å². The van der Waals surface area contributed by atoms with Gasteiger partial charge in [0.2, 0.25) is 5.91 Å². The summed E-state index contributed by atoms with van der Waals surface area (Å²) in [6.07, 6.45) is 3.29. The fourth-order valence-corrected chi connectivity index (χ4v) is 5.62. The van der Waals surface area contributed by atoms with E-state index in [4.69, 9.17) is 10.5 Å². The molecule has 1 saturated heterocycles. The molecular formula is C23H32N4O5S. The number of hydrogen-bond donors (Lipinski definition) is 1. The smallest absolute Gasteiger partial charge is 0.414 e. The van der Waals surface area contributed by atoms with Gasteiger partial charge in [-0.3, -0.25) is 14.7 Å². The summed E-state index contributed by atoms with van der Waals surface area (Å²) in [5.41, 5.74) is 8.42. The van der Waals surface area contributed by atoms with Crippen LogP contribution < -0.4 is 15.5 Å². The van der Waals surface area contributed by atoms with Crippen LogP contribution in [0, 0.1) is 0 Å². The fourth-order valence-electron chi connectivity index (χ4n) is 4.15. The molecule has 0 saturated carbocycles. The number of amides is 2. The SMILES string of the molecule is CC(=O)N1c2ccc(/C(C=NC3CCS(=O)(=O)CC3)=C/N)cc2N(C(=O)OC(C)C)C[C@@H]1C. The number of nitrogens with two attached hydrogens (primary N) is 1. The second-order valence-electron chi connectivity index (χ2n) is 8.77. The highest BCUT2D eigenvalue weighted by Crippen LogP contribution is 2.38. The van der Waals surface area contributed by atoms with E-state index in [1.54, 1.807) is 42.0 Å². The Balaban J connectivity index is 1.93. The molecule has 0 aliphatic carbocycles. The Hall–Kier alpha value is -2.88. The number of benzene rings is 1. The van der Waals surface area contributed by atoms with Crippen LogP contribution in [0.1, 0.15) is 46.1 Å². The third-order valence-electron chi connectivity index (χ3n) is 5.77. The first-order valence-corrected chi connectivity index (χ1v) is 12.9. The van der Waals surface area contributed by atoms with Gasteiger partial charge in [-0.2, -0.15) is 0 Å².